The van der Waals surface area contributed by atoms with Crippen molar-refractivity contribution in [2.75, 3.05) is 0 Å². The van der Waals surface area contributed by atoms with Crippen molar-refractivity contribution < 1.29 is 19.1 Å². The van der Waals surface area contributed by atoms with E-state index in [2.05, 4.69) is 5.73 Å². The number of carbonyl (C=O) groups excluding carboxylic acids is 1. The zero-order chi connectivity index (χ0) is 7.49. The van der Waals surface area contributed by atoms with E-state index < -0.39 is 13.8 Å². The number of carbonyl (C=O) groups is 1. The molecule has 0 radical (unpaired) electrons. The van der Waals surface area contributed by atoms with Crippen LogP contribution in [-0.2, 0) is 4.57 Å². The highest BCUT2D eigenvalue weighted by Crippen LogP contribution is 2.25. The maximum absolute atomic E-state index is 9.85. The summed E-state index contributed by atoms with van der Waals surface area (Å²) in [5.41, 5.74) is 5.95. The molecule has 2 amide bonds. The summed E-state index contributed by atoms with van der Waals surface area (Å²) in [4.78, 5) is 25.7. The summed E-state index contributed by atoms with van der Waals surface area (Å²) in [5, 5.41) is 1.36. The van der Waals surface area contributed by atoms with Crippen molar-refractivity contribution in [3.63, 3.8) is 0 Å². The van der Waals surface area contributed by atoms with Crippen LogP contribution >= 0.6 is 7.75 Å². The fourth-order valence-corrected chi connectivity index (χ4v) is 0.384. The van der Waals surface area contributed by atoms with Crippen molar-refractivity contribution in [1.29, 1.82) is 0 Å². The van der Waals surface area contributed by atoms with Crippen LogP contribution in [0.5, 0.6) is 0 Å². The van der Waals surface area contributed by atoms with Crippen LogP contribution in [0.2, 0.25) is 0 Å². The first kappa shape index (κ1) is 8.38. The quantitative estimate of drug-likeness (QED) is 0.239. The molecule has 7 nitrogen and oxygen atoms in total. The van der Waals surface area contributed by atoms with Gasteiger partial charge in [0.05, 0.1) is 0 Å². The molecule has 0 aromatic heterocycles. The molecule has 0 aliphatic carbocycles. The van der Waals surface area contributed by atoms with Crippen LogP contribution in [0.4, 0.5) is 4.79 Å². The monoisotopic (exact) mass is 155 g/mol. The Balaban J connectivity index is 3.53. The van der Waals surface area contributed by atoms with Gasteiger partial charge in [0.2, 0.25) is 0 Å². The average molecular weight is 155 g/mol. The number of primary amides is 1. The summed E-state index contributed by atoms with van der Waals surface area (Å²) >= 11 is 0. The Labute approximate surface area is 50.4 Å². The molecule has 0 saturated carbocycles. The molecule has 8 heteroatoms. The highest BCUT2D eigenvalue weighted by atomic mass is 31.2. The Bertz CT molecular complexity index is 150. The zero-order valence-electron chi connectivity index (χ0n) is 4.24. The molecular formula is CH6N3O4P. The fourth-order valence-electron chi connectivity index (χ4n) is 0.128. The van der Waals surface area contributed by atoms with E-state index in [9.17, 15) is 9.36 Å². The molecule has 0 unspecified atom stereocenters. The lowest BCUT2D eigenvalue weighted by molar-refractivity contribution is 0.244. The van der Waals surface area contributed by atoms with Gasteiger partial charge in [-0.15, -0.1) is 5.20 Å². The van der Waals surface area contributed by atoms with E-state index in [1.165, 1.54) is 10.6 Å². The lowest BCUT2D eigenvalue weighted by Gasteiger charge is -2.03. The van der Waals surface area contributed by atoms with Crippen molar-refractivity contribution in [1.82, 2.24) is 10.6 Å². The highest BCUT2D eigenvalue weighted by molar-refractivity contribution is 7.49. The van der Waals surface area contributed by atoms with Gasteiger partial charge in [-0.2, -0.15) is 0 Å². The van der Waals surface area contributed by atoms with Gasteiger partial charge in [0.15, 0.2) is 0 Å². The molecule has 0 aliphatic heterocycles. The van der Waals surface area contributed by atoms with Crippen molar-refractivity contribution in [3.8, 4) is 0 Å². The first-order valence-corrected chi connectivity index (χ1v) is 3.41. The van der Waals surface area contributed by atoms with Gasteiger partial charge in [0.25, 0.3) is 0 Å². The van der Waals surface area contributed by atoms with Crippen molar-refractivity contribution in [2.24, 2.45) is 5.73 Å². The molecule has 0 spiro atoms. The minimum Gasteiger partial charge on any atom is -0.351 e. The van der Waals surface area contributed by atoms with Crippen LogP contribution in [-0.4, -0.2) is 15.8 Å². The molecule has 0 aromatic carbocycles. The van der Waals surface area contributed by atoms with E-state index in [0.29, 0.717) is 0 Å². The summed E-state index contributed by atoms with van der Waals surface area (Å²) in [5.74, 6) is 0. The lowest BCUT2D eigenvalue weighted by atomic mass is 11.2. The Kier molecular flexibility index (Phi) is 2.60. The molecular weight excluding hydrogens is 149 g/mol. The third-order valence-corrected chi connectivity index (χ3v) is 0.728. The maximum Gasteiger partial charge on any atom is 0.418 e. The maximum atomic E-state index is 9.85. The normalized spacial score (nSPS) is 10.9. The molecule has 0 aromatic rings. The smallest absolute Gasteiger partial charge is 0.351 e. The molecule has 9 heavy (non-hydrogen) atoms. The SMILES string of the molecule is NC(=O)NNP(=O)(O)O. The van der Waals surface area contributed by atoms with Gasteiger partial charge in [0, 0.05) is 0 Å². The third kappa shape index (κ3) is 7.38. The van der Waals surface area contributed by atoms with Gasteiger partial charge in [0.1, 0.15) is 0 Å². The summed E-state index contributed by atoms with van der Waals surface area (Å²) in [6.45, 7) is 0. The Hall–Kier alpha value is -0.620. The predicted octanol–water partition coefficient (Wildman–Crippen LogP) is -1.75. The van der Waals surface area contributed by atoms with Gasteiger partial charge in [-0.3, -0.25) is 5.43 Å². The van der Waals surface area contributed by atoms with Crippen molar-refractivity contribution >= 4 is 13.8 Å². The van der Waals surface area contributed by atoms with E-state index in [-0.39, 0.29) is 0 Å². The largest absolute Gasteiger partial charge is 0.418 e. The van der Waals surface area contributed by atoms with Crippen LogP contribution in [0.3, 0.4) is 0 Å². The van der Waals surface area contributed by atoms with Crippen LogP contribution in [0, 0.1) is 0 Å². The van der Waals surface area contributed by atoms with Gasteiger partial charge in [-0.1, -0.05) is 0 Å². The Morgan fingerprint density at radius 2 is 2.00 bits per heavy atom. The summed E-state index contributed by atoms with van der Waals surface area (Å²) in [7, 11) is -4.38. The lowest BCUT2D eigenvalue weighted by Crippen LogP contribution is -2.38. The number of rotatable bonds is 2. The number of nitrogens with one attached hydrogen (secondary N) is 2. The average Bonchev–Trinajstić information content (AvgIpc) is 1.59. The molecule has 0 saturated heterocycles. The van der Waals surface area contributed by atoms with E-state index >= 15 is 0 Å². The molecule has 54 valence electrons. The number of nitrogens with two attached hydrogens (primary N) is 1. The predicted molar refractivity (Wildman–Crippen MR) is 27.9 cm³/mol. The van der Waals surface area contributed by atoms with E-state index in [1.807, 2.05) is 0 Å². The molecule has 0 rings (SSSR count). The molecule has 0 bridgehead atoms. The molecule has 0 fully saturated rings. The number of hydrogen-bond donors (Lipinski definition) is 5. The summed E-state index contributed by atoms with van der Waals surface area (Å²) < 4.78 is 9.85. The first-order chi connectivity index (χ1) is 3.92. The van der Waals surface area contributed by atoms with Gasteiger partial charge < -0.3 is 15.5 Å². The molecule has 6 N–H and O–H groups in total. The summed E-state index contributed by atoms with van der Waals surface area (Å²) in [6.07, 6.45) is 0. The Morgan fingerprint density at radius 3 is 2.11 bits per heavy atom. The minimum atomic E-state index is -4.38. The second-order valence-electron chi connectivity index (χ2n) is 1.15. The van der Waals surface area contributed by atoms with Crippen LogP contribution in [0.1, 0.15) is 0 Å². The van der Waals surface area contributed by atoms with Gasteiger partial charge in [-0.25, -0.2) is 9.36 Å². The van der Waals surface area contributed by atoms with E-state index in [1.54, 1.807) is 0 Å². The number of urea groups is 1. The van der Waals surface area contributed by atoms with Crippen molar-refractivity contribution in [3.05, 3.63) is 0 Å². The number of amides is 2. The molecule has 0 atom stereocenters. The van der Waals surface area contributed by atoms with E-state index in [0.717, 1.165) is 0 Å². The molecule has 0 aliphatic rings. The van der Waals surface area contributed by atoms with Crippen molar-refractivity contribution in [2.45, 2.75) is 0 Å². The van der Waals surface area contributed by atoms with Crippen LogP contribution in [0.15, 0.2) is 0 Å². The standard InChI is InChI=1S/CH6N3O4P/c2-1(5)3-4-9(6,7)8/h(H3,2,3,5)(H3,4,6,7,8). The topological polar surface area (TPSA) is 125 Å². The molecule has 0 heterocycles. The Morgan fingerprint density at radius 1 is 1.56 bits per heavy atom. The second kappa shape index (κ2) is 2.79. The van der Waals surface area contributed by atoms with Crippen LogP contribution < -0.4 is 16.4 Å². The first-order valence-electron chi connectivity index (χ1n) is 1.80. The number of hydrogen-bond acceptors (Lipinski definition) is 2. The van der Waals surface area contributed by atoms with Crippen LogP contribution in [0.25, 0.3) is 0 Å². The fraction of sp³-hybridized carbons (Fsp3) is 0. The summed E-state index contributed by atoms with van der Waals surface area (Å²) in [6, 6.07) is -1.06. The third-order valence-electron chi connectivity index (χ3n) is 0.325. The van der Waals surface area contributed by atoms with Gasteiger partial charge in [-0.05, 0) is 0 Å². The number of hydrazine groups is 1. The minimum absolute atomic E-state index is 1.06. The zero-order valence-corrected chi connectivity index (χ0v) is 5.13. The van der Waals surface area contributed by atoms with E-state index in [4.69, 9.17) is 9.79 Å². The highest BCUT2D eigenvalue weighted by Gasteiger charge is 2.10. The van der Waals surface area contributed by atoms with Gasteiger partial charge >= 0.3 is 13.8 Å². The second-order valence-corrected chi connectivity index (χ2v) is 2.46.